The number of anilines is 2. The summed E-state index contributed by atoms with van der Waals surface area (Å²) in [4.78, 5) is 8.80. The summed E-state index contributed by atoms with van der Waals surface area (Å²) in [5.74, 6) is 1.01. The van der Waals surface area contributed by atoms with Crippen LogP contribution in [0.25, 0.3) is 0 Å². The molecule has 0 aliphatic carbocycles. The van der Waals surface area contributed by atoms with Gasteiger partial charge in [0, 0.05) is 38.1 Å². The molecule has 2 heterocycles. The summed E-state index contributed by atoms with van der Waals surface area (Å²) in [6, 6.07) is 13.6. The molecule has 0 amide bonds. The first-order valence-electron chi connectivity index (χ1n) is 8.24. The zero-order valence-corrected chi connectivity index (χ0v) is 15.0. The minimum absolute atomic E-state index is 0.649. The van der Waals surface area contributed by atoms with Crippen molar-refractivity contribution in [3.63, 3.8) is 0 Å². The topological polar surface area (TPSA) is 69.8 Å². The molecule has 130 valence electrons. The van der Waals surface area contributed by atoms with Crippen LogP contribution in [-0.2, 0) is 0 Å². The Morgan fingerprint density at radius 3 is 2.48 bits per heavy atom. The van der Waals surface area contributed by atoms with Crippen molar-refractivity contribution in [1.82, 2.24) is 15.3 Å². The fourth-order valence-electron chi connectivity index (χ4n) is 2.67. The zero-order valence-electron chi connectivity index (χ0n) is 14.2. The Morgan fingerprint density at radius 2 is 1.84 bits per heavy atom. The summed E-state index contributed by atoms with van der Waals surface area (Å²) in [6.45, 7) is 5.41. The lowest BCUT2D eigenvalue weighted by Gasteiger charge is -2.36. The van der Waals surface area contributed by atoms with Crippen LogP contribution in [0.1, 0.15) is 12.5 Å². The molecule has 2 aromatic rings. The lowest BCUT2D eigenvalue weighted by atomic mass is 10.1. The van der Waals surface area contributed by atoms with Crippen LogP contribution in [0, 0.1) is 0 Å². The van der Waals surface area contributed by atoms with Crippen molar-refractivity contribution >= 4 is 34.5 Å². The van der Waals surface area contributed by atoms with Gasteiger partial charge < -0.3 is 15.5 Å². The summed E-state index contributed by atoms with van der Waals surface area (Å²) in [7, 11) is 0. The summed E-state index contributed by atoms with van der Waals surface area (Å²) < 4.78 is 0. The maximum atomic E-state index is 5.71. The SMILES string of the molecule is C/C(=N/NC(=S)N1CCN(c2ccccn2)CC1)c1ccc(N)cc1. The number of nitrogens with zero attached hydrogens (tertiary/aromatic N) is 4. The van der Waals surface area contributed by atoms with Gasteiger partial charge in [-0.05, 0) is 49.0 Å². The molecule has 25 heavy (non-hydrogen) atoms. The molecular weight excluding hydrogens is 332 g/mol. The number of aromatic nitrogens is 1. The van der Waals surface area contributed by atoms with E-state index in [0.717, 1.165) is 49.0 Å². The first-order chi connectivity index (χ1) is 12.1. The Labute approximate surface area is 153 Å². The van der Waals surface area contributed by atoms with E-state index < -0.39 is 0 Å². The Bertz CT molecular complexity index is 736. The average molecular weight is 354 g/mol. The standard InChI is InChI=1S/C18H22N6S/c1-14(15-5-7-16(19)8-6-15)21-22-18(25)24-12-10-23(11-13-24)17-4-2-3-9-20-17/h2-9H,10-13,19H2,1H3,(H,22,25)/b21-14-. The van der Waals surface area contributed by atoms with E-state index in [4.69, 9.17) is 18.0 Å². The van der Waals surface area contributed by atoms with Gasteiger partial charge in [0.15, 0.2) is 5.11 Å². The molecule has 0 saturated carbocycles. The van der Waals surface area contributed by atoms with Crippen molar-refractivity contribution in [3.8, 4) is 0 Å². The highest BCUT2D eigenvalue weighted by atomic mass is 32.1. The fraction of sp³-hybridized carbons (Fsp3) is 0.278. The number of pyridine rings is 1. The van der Waals surface area contributed by atoms with Crippen molar-refractivity contribution in [1.29, 1.82) is 0 Å². The molecule has 1 aromatic carbocycles. The molecular formula is C18H22N6S. The number of nitrogen functional groups attached to an aromatic ring is 1. The predicted octanol–water partition coefficient (Wildman–Crippen LogP) is 2.08. The number of hydrogen-bond donors (Lipinski definition) is 2. The van der Waals surface area contributed by atoms with E-state index in [-0.39, 0.29) is 0 Å². The van der Waals surface area contributed by atoms with Gasteiger partial charge in [0.25, 0.3) is 0 Å². The van der Waals surface area contributed by atoms with Gasteiger partial charge >= 0.3 is 0 Å². The van der Waals surface area contributed by atoms with E-state index in [0.29, 0.717) is 5.11 Å². The first-order valence-corrected chi connectivity index (χ1v) is 8.65. The van der Waals surface area contributed by atoms with Crippen molar-refractivity contribution in [3.05, 3.63) is 54.2 Å². The molecule has 1 fully saturated rings. The third-order valence-corrected chi connectivity index (χ3v) is 4.54. The minimum atomic E-state index is 0.649. The summed E-state index contributed by atoms with van der Waals surface area (Å²) in [5.41, 5.74) is 11.3. The van der Waals surface area contributed by atoms with Crippen LogP contribution >= 0.6 is 12.2 Å². The van der Waals surface area contributed by atoms with Crippen molar-refractivity contribution in [2.45, 2.75) is 6.92 Å². The Hall–Kier alpha value is -2.67. The predicted molar refractivity (Wildman–Crippen MR) is 107 cm³/mol. The molecule has 0 spiro atoms. The average Bonchev–Trinajstić information content (AvgIpc) is 2.67. The van der Waals surface area contributed by atoms with Gasteiger partial charge in [-0.2, -0.15) is 5.10 Å². The summed E-state index contributed by atoms with van der Waals surface area (Å²) in [6.07, 6.45) is 1.82. The second kappa shape index (κ2) is 7.94. The number of thiocarbonyl (C=S) groups is 1. The van der Waals surface area contributed by atoms with Gasteiger partial charge in [-0.1, -0.05) is 18.2 Å². The minimum Gasteiger partial charge on any atom is -0.399 e. The molecule has 0 unspecified atom stereocenters. The van der Waals surface area contributed by atoms with Crippen LogP contribution in [0.2, 0.25) is 0 Å². The molecule has 0 radical (unpaired) electrons. The van der Waals surface area contributed by atoms with Crippen LogP contribution in [0.5, 0.6) is 0 Å². The molecule has 1 aliphatic rings. The molecule has 1 aliphatic heterocycles. The summed E-state index contributed by atoms with van der Waals surface area (Å²) in [5, 5.41) is 5.04. The maximum absolute atomic E-state index is 5.71. The number of hydrogen-bond acceptors (Lipinski definition) is 5. The van der Waals surface area contributed by atoms with Crippen LogP contribution in [-0.4, -0.2) is 46.9 Å². The van der Waals surface area contributed by atoms with Crippen molar-refractivity contribution in [2.75, 3.05) is 36.8 Å². The normalized spacial score (nSPS) is 15.2. The molecule has 1 saturated heterocycles. The summed E-state index contributed by atoms with van der Waals surface area (Å²) >= 11 is 5.47. The third-order valence-electron chi connectivity index (χ3n) is 4.19. The quantitative estimate of drug-likeness (QED) is 0.381. The van der Waals surface area contributed by atoms with Gasteiger partial charge in [0.1, 0.15) is 5.82 Å². The number of piperazine rings is 1. The number of nitrogens with one attached hydrogen (secondary N) is 1. The second-order valence-corrected chi connectivity index (χ2v) is 6.28. The zero-order chi connectivity index (χ0) is 17.6. The maximum Gasteiger partial charge on any atom is 0.189 e. The van der Waals surface area contributed by atoms with Gasteiger partial charge in [-0.25, -0.2) is 4.98 Å². The molecule has 7 heteroatoms. The number of benzene rings is 1. The lowest BCUT2D eigenvalue weighted by Crippen LogP contribution is -2.51. The van der Waals surface area contributed by atoms with Gasteiger partial charge in [0.2, 0.25) is 0 Å². The van der Waals surface area contributed by atoms with E-state index in [1.807, 2.05) is 55.6 Å². The highest BCUT2D eigenvalue weighted by molar-refractivity contribution is 7.80. The van der Waals surface area contributed by atoms with Crippen LogP contribution < -0.4 is 16.1 Å². The van der Waals surface area contributed by atoms with E-state index in [9.17, 15) is 0 Å². The molecule has 6 nitrogen and oxygen atoms in total. The van der Waals surface area contributed by atoms with Crippen LogP contribution in [0.4, 0.5) is 11.5 Å². The molecule has 3 N–H and O–H groups in total. The van der Waals surface area contributed by atoms with Crippen LogP contribution in [0.3, 0.4) is 0 Å². The molecule has 0 atom stereocenters. The van der Waals surface area contributed by atoms with Crippen molar-refractivity contribution in [2.24, 2.45) is 5.10 Å². The van der Waals surface area contributed by atoms with Gasteiger partial charge in [-0.15, -0.1) is 0 Å². The molecule has 3 rings (SSSR count). The van der Waals surface area contributed by atoms with Crippen LogP contribution in [0.15, 0.2) is 53.8 Å². The van der Waals surface area contributed by atoms with Gasteiger partial charge in [-0.3, -0.25) is 5.43 Å². The largest absolute Gasteiger partial charge is 0.399 e. The monoisotopic (exact) mass is 354 g/mol. The Morgan fingerprint density at radius 1 is 1.12 bits per heavy atom. The van der Waals surface area contributed by atoms with E-state index in [1.165, 1.54) is 0 Å². The van der Waals surface area contributed by atoms with E-state index >= 15 is 0 Å². The van der Waals surface area contributed by atoms with Crippen molar-refractivity contribution < 1.29 is 0 Å². The Kier molecular flexibility index (Phi) is 5.45. The van der Waals surface area contributed by atoms with Gasteiger partial charge in [0.05, 0.1) is 5.71 Å². The van der Waals surface area contributed by atoms with E-state index in [1.54, 1.807) is 0 Å². The van der Waals surface area contributed by atoms with E-state index in [2.05, 4.69) is 25.3 Å². The fourth-order valence-corrected chi connectivity index (χ4v) is 2.90. The number of hydrazone groups is 1. The highest BCUT2D eigenvalue weighted by Gasteiger charge is 2.19. The Balaban J connectivity index is 1.52. The first kappa shape index (κ1) is 17.2. The number of nitrogens with two attached hydrogens (primary N) is 1. The molecule has 1 aromatic heterocycles. The second-order valence-electron chi connectivity index (χ2n) is 5.90. The molecule has 0 bridgehead atoms. The number of rotatable bonds is 3. The third kappa shape index (κ3) is 4.45. The smallest absolute Gasteiger partial charge is 0.189 e. The lowest BCUT2D eigenvalue weighted by molar-refractivity contribution is 0.380. The highest BCUT2D eigenvalue weighted by Crippen LogP contribution is 2.12.